The molecule has 0 fully saturated rings. The van der Waals surface area contributed by atoms with Crippen molar-refractivity contribution in [1.82, 2.24) is 0 Å². The summed E-state index contributed by atoms with van der Waals surface area (Å²) in [5, 5.41) is 9.55. The van der Waals surface area contributed by atoms with Crippen LogP contribution in [0, 0.1) is 0 Å². The molecular formula is C14H16N2O. The molecule has 0 saturated heterocycles. The van der Waals surface area contributed by atoms with Crippen LogP contribution in [0.15, 0.2) is 48.5 Å². The highest BCUT2D eigenvalue weighted by molar-refractivity contribution is 5.66. The lowest BCUT2D eigenvalue weighted by Gasteiger charge is -2.08. The molecule has 3 heteroatoms. The van der Waals surface area contributed by atoms with E-state index in [1.165, 1.54) is 0 Å². The second-order valence-electron chi connectivity index (χ2n) is 4.02. The Morgan fingerprint density at radius 3 is 2.35 bits per heavy atom. The normalized spacial score (nSPS) is 12.2. The molecular weight excluding hydrogens is 212 g/mol. The van der Waals surface area contributed by atoms with E-state index < -0.39 is 6.10 Å². The lowest BCUT2D eigenvalue weighted by molar-refractivity contribution is 0.199. The summed E-state index contributed by atoms with van der Waals surface area (Å²) in [7, 11) is 0. The van der Waals surface area contributed by atoms with Crippen LogP contribution in [0.1, 0.15) is 18.6 Å². The first-order valence-electron chi connectivity index (χ1n) is 5.56. The van der Waals surface area contributed by atoms with Crippen LogP contribution in [0.25, 0.3) is 11.1 Å². The van der Waals surface area contributed by atoms with Gasteiger partial charge in [-0.25, -0.2) is 0 Å². The molecule has 1 unspecified atom stereocenters. The maximum Gasteiger partial charge on any atom is 0.0762 e. The minimum Gasteiger partial charge on any atom is -0.389 e. The SMILES string of the molecule is CC(O)c1cccc(-c2ccc(NN)cc2)c1. The molecule has 2 aromatic rings. The van der Waals surface area contributed by atoms with Gasteiger partial charge in [-0.2, -0.15) is 0 Å². The van der Waals surface area contributed by atoms with E-state index >= 15 is 0 Å². The van der Waals surface area contributed by atoms with E-state index in [1.54, 1.807) is 6.92 Å². The standard InChI is InChI=1S/C14H16N2O/c1-10(17)12-3-2-4-13(9-12)11-5-7-14(16-15)8-6-11/h2-10,16-17H,15H2,1H3. The number of hydrogen-bond donors (Lipinski definition) is 3. The molecule has 1 atom stereocenters. The van der Waals surface area contributed by atoms with Crippen molar-refractivity contribution in [2.24, 2.45) is 5.84 Å². The Bertz CT molecular complexity index is 492. The molecule has 0 aliphatic heterocycles. The fraction of sp³-hybridized carbons (Fsp3) is 0.143. The summed E-state index contributed by atoms with van der Waals surface area (Å²) in [6.45, 7) is 1.76. The second kappa shape index (κ2) is 4.99. The average molecular weight is 228 g/mol. The van der Waals surface area contributed by atoms with Gasteiger partial charge in [0.05, 0.1) is 6.10 Å². The maximum absolute atomic E-state index is 9.55. The van der Waals surface area contributed by atoms with Gasteiger partial charge in [0.15, 0.2) is 0 Å². The van der Waals surface area contributed by atoms with Crippen molar-refractivity contribution in [2.75, 3.05) is 5.43 Å². The van der Waals surface area contributed by atoms with Gasteiger partial charge in [-0.3, -0.25) is 5.84 Å². The number of hydrogen-bond acceptors (Lipinski definition) is 3. The quantitative estimate of drug-likeness (QED) is 0.559. The first-order valence-corrected chi connectivity index (χ1v) is 5.56. The number of hydrazine groups is 1. The summed E-state index contributed by atoms with van der Waals surface area (Å²) in [4.78, 5) is 0. The van der Waals surface area contributed by atoms with Crippen molar-refractivity contribution in [2.45, 2.75) is 13.0 Å². The summed E-state index contributed by atoms with van der Waals surface area (Å²) in [5.41, 5.74) is 6.58. The highest BCUT2D eigenvalue weighted by Gasteiger charge is 2.03. The molecule has 0 bridgehead atoms. The van der Waals surface area contributed by atoms with Gasteiger partial charge in [-0.05, 0) is 41.8 Å². The molecule has 17 heavy (non-hydrogen) atoms. The van der Waals surface area contributed by atoms with E-state index in [0.29, 0.717) is 0 Å². The second-order valence-corrected chi connectivity index (χ2v) is 4.02. The van der Waals surface area contributed by atoms with Crippen LogP contribution in [-0.2, 0) is 0 Å². The molecule has 3 nitrogen and oxygen atoms in total. The Hall–Kier alpha value is -1.84. The lowest BCUT2D eigenvalue weighted by Crippen LogP contribution is -2.05. The third kappa shape index (κ3) is 2.64. The zero-order chi connectivity index (χ0) is 12.3. The lowest BCUT2D eigenvalue weighted by atomic mass is 10.0. The number of benzene rings is 2. The number of aliphatic hydroxyl groups excluding tert-OH is 1. The van der Waals surface area contributed by atoms with Crippen LogP contribution < -0.4 is 11.3 Å². The van der Waals surface area contributed by atoms with E-state index in [2.05, 4.69) is 5.43 Å². The van der Waals surface area contributed by atoms with Crippen LogP contribution in [0.3, 0.4) is 0 Å². The molecule has 4 N–H and O–H groups in total. The van der Waals surface area contributed by atoms with Crippen molar-refractivity contribution in [3.8, 4) is 11.1 Å². The van der Waals surface area contributed by atoms with E-state index in [1.807, 2.05) is 48.5 Å². The first kappa shape index (κ1) is 11.6. The molecule has 88 valence electrons. The monoisotopic (exact) mass is 228 g/mol. The predicted molar refractivity (Wildman–Crippen MR) is 70.3 cm³/mol. The van der Waals surface area contributed by atoms with E-state index in [-0.39, 0.29) is 0 Å². The molecule has 0 aliphatic carbocycles. The molecule has 0 spiro atoms. The number of nitrogen functional groups attached to an aromatic ring is 1. The zero-order valence-corrected chi connectivity index (χ0v) is 9.72. The molecule has 0 aromatic heterocycles. The first-order chi connectivity index (χ1) is 8.20. The van der Waals surface area contributed by atoms with Gasteiger partial charge >= 0.3 is 0 Å². The number of rotatable bonds is 3. The van der Waals surface area contributed by atoms with Crippen molar-refractivity contribution >= 4 is 5.69 Å². The van der Waals surface area contributed by atoms with Gasteiger partial charge in [0.2, 0.25) is 0 Å². The van der Waals surface area contributed by atoms with E-state index in [4.69, 9.17) is 5.84 Å². The third-order valence-electron chi connectivity index (χ3n) is 2.75. The zero-order valence-electron chi connectivity index (χ0n) is 9.72. The van der Waals surface area contributed by atoms with Crippen LogP contribution in [0.2, 0.25) is 0 Å². The van der Waals surface area contributed by atoms with Crippen molar-refractivity contribution in [1.29, 1.82) is 0 Å². The summed E-state index contributed by atoms with van der Waals surface area (Å²) >= 11 is 0. The van der Waals surface area contributed by atoms with Crippen molar-refractivity contribution in [3.63, 3.8) is 0 Å². The Morgan fingerprint density at radius 2 is 1.76 bits per heavy atom. The highest BCUT2D eigenvalue weighted by atomic mass is 16.3. The van der Waals surface area contributed by atoms with Crippen LogP contribution in [-0.4, -0.2) is 5.11 Å². The summed E-state index contributed by atoms with van der Waals surface area (Å²) in [6, 6.07) is 15.7. The molecule has 0 aliphatic rings. The Labute approximate surface area is 101 Å². The van der Waals surface area contributed by atoms with Gasteiger partial charge in [0.1, 0.15) is 0 Å². The number of nitrogens with one attached hydrogen (secondary N) is 1. The molecule has 2 rings (SSSR count). The minimum absolute atomic E-state index is 0.445. The smallest absolute Gasteiger partial charge is 0.0762 e. The topological polar surface area (TPSA) is 58.3 Å². The Kier molecular flexibility index (Phi) is 3.42. The minimum atomic E-state index is -0.445. The number of nitrogens with two attached hydrogens (primary N) is 1. The van der Waals surface area contributed by atoms with E-state index in [9.17, 15) is 5.11 Å². The summed E-state index contributed by atoms with van der Waals surface area (Å²) in [6.07, 6.45) is -0.445. The number of anilines is 1. The van der Waals surface area contributed by atoms with Gasteiger partial charge < -0.3 is 10.5 Å². The average Bonchev–Trinajstić information content (AvgIpc) is 2.39. The van der Waals surface area contributed by atoms with Crippen LogP contribution in [0.4, 0.5) is 5.69 Å². The summed E-state index contributed by atoms with van der Waals surface area (Å²) in [5.74, 6) is 5.32. The summed E-state index contributed by atoms with van der Waals surface area (Å²) < 4.78 is 0. The van der Waals surface area contributed by atoms with Gasteiger partial charge in [-0.1, -0.05) is 30.3 Å². The van der Waals surface area contributed by atoms with Crippen LogP contribution >= 0.6 is 0 Å². The Balaban J connectivity index is 2.35. The molecule has 0 radical (unpaired) electrons. The van der Waals surface area contributed by atoms with Crippen molar-refractivity contribution in [3.05, 3.63) is 54.1 Å². The Morgan fingerprint density at radius 1 is 1.06 bits per heavy atom. The molecule has 0 heterocycles. The highest BCUT2D eigenvalue weighted by Crippen LogP contribution is 2.24. The maximum atomic E-state index is 9.55. The number of aliphatic hydroxyl groups is 1. The van der Waals surface area contributed by atoms with Gasteiger partial charge in [0, 0.05) is 5.69 Å². The fourth-order valence-corrected chi connectivity index (χ4v) is 1.74. The fourth-order valence-electron chi connectivity index (χ4n) is 1.74. The van der Waals surface area contributed by atoms with Gasteiger partial charge in [0.25, 0.3) is 0 Å². The predicted octanol–water partition coefficient (Wildman–Crippen LogP) is 2.69. The van der Waals surface area contributed by atoms with Crippen molar-refractivity contribution < 1.29 is 5.11 Å². The van der Waals surface area contributed by atoms with E-state index in [0.717, 1.165) is 22.4 Å². The largest absolute Gasteiger partial charge is 0.389 e. The molecule has 0 amide bonds. The third-order valence-corrected chi connectivity index (χ3v) is 2.75. The van der Waals surface area contributed by atoms with Gasteiger partial charge in [-0.15, -0.1) is 0 Å². The molecule has 2 aromatic carbocycles. The molecule has 0 saturated carbocycles. The van der Waals surface area contributed by atoms with Crippen LogP contribution in [0.5, 0.6) is 0 Å².